The summed E-state index contributed by atoms with van der Waals surface area (Å²) in [5, 5.41) is 11.0. The fraction of sp³-hybridized carbons (Fsp3) is 0.600. The van der Waals surface area contributed by atoms with Crippen molar-refractivity contribution in [2.75, 3.05) is 33.7 Å². The Hall–Kier alpha value is -0.610. The molecule has 1 N–H and O–H groups in total. The third-order valence-electron chi connectivity index (χ3n) is 3.88. The quantitative estimate of drug-likeness (QED) is 0.913. The molecule has 2 rings (SSSR count). The van der Waals surface area contributed by atoms with Gasteiger partial charge in [-0.15, -0.1) is 0 Å². The minimum atomic E-state index is -0.308. The van der Waals surface area contributed by atoms with Crippen molar-refractivity contribution in [2.45, 2.75) is 25.0 Å². The molecule has 0 bridgehead atoms. The number of aliphatic hydroxyl groups is 1. The average Bonchev–Trinajstić information content (AvgIpc) is 2.34. The van der Waals surface area contributed by atoms with Crippen LogP contribution in [0, 0.1) is 0 Å². The van der Waals surface area contributed by atoms with Crippen molar-refractivity contribution in [1.82, 2.24) is 9.80 Å². The first-order chi connectivity index (χ1) is 9.04. The summed E-state index contributed by atoms with van der Waals surface area (Å²) < 4.78 is 0. The standard InChI is InChI=1S/C15H23ClN2O/c1-17-6-7-18(2)14(11-17)10-15(19)9-12-4-3-5-13(16)8-12/h3-5,8,14-15,19H,6-7,9-11H2,1-2H3. The molecular weight excluding hydrogens is 260 g/mol. The first-order valence-corrected chi connectivity index (χ1v) is 7.23. The second-order valence-corrected chi connectivity index (χ2v) is 6.06. The molecule has 19 heavy (non-hydrogen) atoms. The number of nitrogens with zero attached hydrogens (tertiary/aromatic N) is 2. The number of likely N-dealkylation sites (N-methyl/N-ethyl adjacent to an activating group) is 2. The number of hydrogen-bond acceptors (Lipinski definition) is 3. The molecule has 1 aromatic rings. The Morgan fingerprint density at radius 3 is 2.89 bits per heavy atom. The van der Waals surface area contributed by atoms with Crippen LogP contribution in [0.2, 0.25) is 5.02 Å². The number of halogens is 1. The summed E-state index contributed by atoms with van der Waals surface area (Å²) >= 11 is 5.97. The molecule has 1 aliphatic rings. The van der Waals surface area contributed by atoms with E-state index in [2.05, 4.69) is 23.9 Å². The molecule has 3 nitrogen and oxygen atoms in total. The van der Waals surface area contributed by atoms with Gasteiger partial charge in [0.15, 0.2) is 0 Å². The van der Waals surface area contributed by atoms with Crippen LogP contribution >= 0.6 is 11.6 Å². The highest BCUT2D eigenvalue weighted by atomic mass is 35.5. The third kappa shape index (κ3) is 4.46. The second-order valence-electron chi connectivity index (χ2n) is 5.62. The molecule has 0 aromatic heterocycles. The van der Waals surface area contributed by atoms with Crippen LogP contribution in [0.3, 0.4) is 0 Å². The van der Waals surface area contributed by atoms with Gasteiger partial charge >= 0.3 is 0 Å². The van der Waals surface area contributed by atoms with Gasteiger partial charge in [0.1, 0.15) is 0 Å². The zero-order valence-electron chi connectivity index (χ0n) is 11.7. The molecule has 0 amide bonds. The Morgan fingerprint density at radius 1 is 1.37 bits per heavy atom. The van der Waals surface area contributed by atoms with Crippen LogP contribution in [0.5, 0.6) is 0 Å². The molecule has 0 saturated carbocycles. The molecule has 0 radical (unpaired) electrons. The maximum atomic E-state index is 10.3. The molecule has 1 saturated heterocycles. The van der Waals surface area contributed by atoms with Gasteiger partial charge in [0.05, 0.1) is 6.10 Å². The van der Waals surface area contributed by atoms with Crippen LogP contribution in [0.15, 0.2) is 24.3 Å². The van der Waals surface area contributed by atoms with E-state index >= 15 is 0 Å². The topological polar surface area (TPSA) is 26.7 Å². The largest absolute Gasteiger partial charge is 0.393 e. The number of piperazine rings is 1. The summed E-state index contributed by atoms with van der Waals surface area (Å²) in [5.41, 5.74) is 1.10. The Labute approximate surface area is 120 Å². The third-order valence-corrected chi connectivity index (χ3v) is 4.12. The molecule has 0 spiro atoms. The molecule has 1 heterocycles. The van der Waals surface area contributed by atoms with E-state index in [1.807, 2.05) is 24.3 Å². The number of aliphatic hydroxyl groups excluding tert-OH is 1. The Bertz CT molecular complexity index is 413. The summed E-state index contributed by atoms with van der Waals surface area (Å²) in [5.74, 6) is 0. The van der Waals surface area contributed by atoms with Crippen LogP contribution in [0.1, 0.15) is 12.0 Å². The van der Waals surface area contributed by atoms with Crippen molar-refractivity contribution in [3.8, 4) is 0 Å². The van der Waals surface area contributed by atoms with E-state index in [0.29, 0.717) is 12.5 Å². The van der Waals surface area contributed by atoms with E-state index in [1.165, 1.54) is 0 Å². The summed E-state index contributed by atoms with van der Waals surface area (Å²) in [4.78, 5) is 4.68. The molecule has 4 heteroatoms. The minimum absolute atomic E-state index is 0.308. The van der Waals surface area contributed by atoms with E-state index in [0.717, 1.165) is 36.6 Å². The predicted octanol–water partition coefficient (Wildman–Crippen LogP) is 1.88. The van der Waals surface area contributed by atoms with Gasteiger partial charge in [-0.2, -0.15) is 0 Å². The van der Waals surface area contributed by atoms with E-state index in [4.69, 9.17) is 11.6 Å². The maximum absolute atomic E-state index is 10.3. The Morgan fingerprint density at radius 2 is 2.16 bits per heavy atom. The van der Waals surface area contributed by atoms with Gasteiger partial charge < -0.3 is 14.9 Å². The highest BCUT2D eigenvalue weighted by molar-refractivity contribution is 6.30. The van der Waals surface area contributed by atoms with E-state index < -0.39 is 0 Å². The molecule has 0 aliphatic carbocycles. The second kappa shape index (κ2) is 6.71. The van der Waals surface area contributed by atoms with Gasteiger partial charge in [-0.05, 0) is 44.6 Å². The predicted molar refractivity (Wildman–Crippen MR) is 79.7 cm³/mol. The van der Waals surface area contributed by atoms with Gasteiger partial charge in [-0.25, -0.2) is 0 Å². The Balaban J connectivity index is 1.88. The lowest BCUT2D eigenvalue weighted by Crippen LogP contribution is -2.51. The van der Waals surface area contributed by atoms with E-state index in [1.54, 1.807) is 0 Å². The van der Waals surface area contributed by atoms with Crippen LogP contribution in [-0.4, -0.2) is 60.8 Å². The number of rotatable bonds is 4. The monoisotopic (exact) mass is 282 g/mol. The van der Waals surface area contributed by atoms with Gasteiger partial charge in [0.2, 0.25) is 0 Å². The van der Waals surface area contributed by atoms with Gasteiger partial charge in [0.25, 0.3) is 0 Å². The first-order valence-electron chi connectivity index (χ1n) is 6.86. The lowest BCUT2D eigenvalue weighted by atomic mass is 10.00. The fourth-order valence-corrected chi connectivity index (χ4v) is 2.90. The SMILES string of the molecule is CN1CCN(C)C(CC(O)Cc2cccc(Cl)c2)C1. The summed E-state index contributed by atoms with van der Waals surface area (Å²) in [6.07, 6.45) is 1.18. The zero-order chi connectivity index (χ0) is 13.8. The van der Waals surface area contributed by atoms with Crippen LogP contribution in [-0.2, 0) is 6.42 Å². The van der Waals surface area contributed by atoms with Crippen LogP contribution in [0.4, 0.5) is 0 Å². The zero-order valence-corrected chi connectivity index (χ0v) is 12.5. The maximum Gasteiger partial charge on any atom is 0.0596 e. The van der Waals surface area contributed by atoms with Gasteiger partial charge in [0, 0.05) is 30.7 Å². The first kappa shape index (κ1) is 14.8. The molecule has 2 atom stereocenters. The molecular formula is C15H23ClN2O. The average molecular weight is 283 g/mol. The van der Waals surface area contributed by atoms with Crippen molar-refractivity contribution in [3.05, 3.63) is 34.9 Å². The highest BCUT2D eigenvalue weighted by Crippen LogP contribution is 2.17. The smallest absolute Gasteiger partial charge is 0.0596 e. The van der Waals surface area contributed by atoms with Gasteiger partial charge in [-0.3, -0.25) is 0 Å². The summed E-state index contributed by atoms with van der Waals surface area (Å²) in [6.45, 7) is 3.21. The lowest BCUT2D eigenvalue weighted by Gasteiger charge is -2.38. The number of benzene rings is 1. The minimum Gasteiger partial charge on any atom is -0.393 e. The van der Waals surface area contributed by atoms with Crippen molar-refractivity contribution in [2.24, 2.45) is 0 Å². The van der Waals surface area contributed by atoms with E-state index in [9.17, 15) is 5.11 Å². The van der Waals surface area contributed by atoms with Crippen LogP contribution in [0.25, 0.3) is 0 Å². The summed E-state index contributed by atoms with van der Waals surface area (Å²) in [7, 11) is 4.28. The van der Waals surface area contributed by atoms with Crippen molar-refractivity contribution < 1.29 is 5.11 Å². The van der Waals surface area contributed by atoms with E-state index in [-0.39, 0.29) is 6.10 Å². The number of hydrogen-bond donors (Lipinski definition) is 1. The molecule has 2 unspecified atom stereocenters. The molecule has 1 aliphatic heterocycles. The normalized spacial score (nSPS) is 23.5. The molecule has 1 aromatic carbocycles. The van der Waals surface area contributed by atoms with Crippen LogP contribution < -0.4 is 0 Å². The van der Waals surface area contributed by atoms with Crippen molar-refractivity contribution in [3.63, 3.8) is 0 Å². The Kier molecular flexibility index (Phi) is 5.22. The fourth-order valence-electron chi connectivity index (χ4n) is 2.69. The molecule has 106 valence electrons. The lowest BCUT2D eigenvalue weighted by molar-refractivity contribution is 0.0639. The summed E-state index contributed by atoms with van der Waals surface area (Å²) in [6, 6.07) is 8.19. The highest BCUT2D eigenvalue weighted by Gasteiger charge is 2.24. The van der Waals surface area contributed by atoms with Gasteiger partial charge in [-0.1, -0.05) is 23.7 Å². The van der Waals surface area contributed by atoms with Crippen molar-refractivity contribution >= 4 is 11.6 Å². The molecule has 1 fully saturated rings. The van der Waals surface area contributed by atoms with Crippen molar-refractivity contribution in [1.29, 1.82) is 0 Å².